The molecule has 0 radical (unpaired) electrons. The van der Waals surface area contributed by atoms with Crippen LogP contribution in [0.5, 0.6) is 0 Å². The summed E-state index contributed by atoms with van der Waals surface area (Å²) in [5, 5.41) is 5.72. The van der Waals surface area contributed by atoms with Gasteiger partial charge in [-0.05, 0) is 50.3 Å². The third kappa shape index (κ3) is 4.18. The zero-order valence-electron chi connectivity index (χ0n) is 19.1. The molecule has 34 heavy (non-hydrogen) atoms. The lowest BCUT2D eigenvalue weighted by atomic mass is 10.0. The van der Waals surface area contributed by atoms with E-state index in [1.807, 2.05) is 19.1 Å². The number of nitrogens with one attached hydrogen (secondary N) is 2. The summed E-state index contributed by atoms with van der Waals surface area (Å²) in [5.41, 5.74) is 2.05. The maximum absolute atomic E-state index is 13.1. The fourth-order valence-electron chi connectivity index (χ4n) is 4.83. The Balaban J connectivity index is 1.13. The second-order valence-corrected chi connectivity index (χ2v) is 9.21. The van der Waals surface area contributed by atoms with E-state index >= 15 is 0 Å². The Bertz CT molecular complexity index is 1130. The number of benzene rings is 1. The highest BCUT2D eigenvalue weighted by Crippen LogP contribution is 2.41. The summed E-state index contributed by atoms with van der Waals surface area (Å²) in [5.74, 6) is -0.539. The molecule has 3 aliphatic rings. The topological polar surface area (TPSA) is 112 Å². The van der Waals surface area contributed by atoms with E-state index in [0.29, 0.717) is 42.8 Å². The van der Waals surface area contributed by atoms with Gasteiger partial charge in [0.2, 0.25) is 11.8 Å². The Kier molecular flexibility index (Phi) is 5.85. The number of likely N-dealkylation sites (tertiary alicyclic amines) is 1. The van der Waals surface area contributed by atoms with Crippen molar-refractivity contribution in [3.63, 3.8) is 0 Å². The zero-order valence-corrected chi connectivity index (χ0v) is 19.1. The second-order valence-electron chi connectivity index (χ2n) is 9.21. The van der Waals surface area contributed by atoms with Crippen LogP contribution in [0, 0.1) is 6.92 Å². The van der Waals surface area contributed by atoms with Crippen LogP contribution in [0.15, 0.2) is 41.0 Å². The molecule has 2 aromatic rings. The third-order valence-corrected chi connectivity index (χ3v) is 6.85. The predicted octanol–water partition coefficient (Wildman–Crippen LogP) is 1.78. The van der Waals surface area contributed by atoms with Crippen LogP contribution in [0.2, 0.25) is 0 Å². The number of carbonyl (C=O) groups excluding carboxylic acids is 4. The molecule has 4 amide bonds. The molecule has 5 rings (SSSR count). The predicted molar refractivity (Wildman–Crippen MR) is 122 cm³/mol. The molecule has 9 heteroatoms. The molecule has 1 aliphatic carbocycles. The van der Waals surface area contributed by atoms with Crippen molar-refractivity contribution in [1.29, 1.82) is 0 Å². The SMILES string of the molecule is Cc1ccoc1C(=O)NC1CCN(C(=O)CNC(=O)C2c3ccccc3C(=O)N2C2CC2)CC1. The molecule has 1 saturated carbocycles. The average Bonchev–Trinajstić information content (AvgIpc) is 3.52. The normalized spacial score (nSPS) is 20.3. The molecule has 2 N–H and O–H groups in total. The van der Waals surface area contributed by atoms with Crippen LogP contribution in [0.1, 0.15) is 63.8 Å². The molecular formula is C25H28N4O5. The Morgan fingerprint density at radius 3 is 2.47 bits per heavy atom. The standard InChI is InChI=1S/C25H28N4O5/c1-15-10-13-34-22(15)24(32)27-16-8-11-28(12-9-16)20(30)14-26-23(31)21-18-4-2-3-5-19(18)25(33)29(21)17-6-7-17/h2-5,10,13,16-17,21H,6-9,11-12,14H2,1H3,(H,26,31)(H,27,32). The number of hydrogen-bond donors (Lipinski definition) is 2. The lowest BCUT2D eigenvalue weighted by molar-refractivity contribution is -0.134. The van der Waals surface area contributed by atoms with Crippen LogP contribution in [0.3, 0.4) is 0 Å². The van der Waals surface area contributed by atoms with Gasteiger partial charge >= 0.3 is 0 Å². The molecule has 3 heterocycles. The first-order valence-electron chi connectivity index (χ1n) is 11.8. The number of amides is 4. The van der Waals surface area contributed by atoms with Crippen LogP contribution in [0.25, 0.3) is 0 Å². The first-order chi connectivity index (χ1) is 16.4. The van der Waals surface area contributed by atoms with Gasteiger partial charge in [0, 0.05) is 36.3 Å². The quantitative estimate of drug-likeness (QED) is 0.677. The van der Waals surface area contributed by atoms with Crippen molar-refractivity contribution in [2.24, 2.45) is 0 Å². The van der Waals surface area contributed by atoms with E-state index in [2.05, 4.69) is 10.6 Å². The van der Waals surface area contributed by atoms with Gasteiger partial charge in [-0.2, -0.15) is 0 Å². The highest BCUT2D eigenvalue weighted by Gasteiger charge is 2.47. The van der Waals surface area contributed by atoms with E-state index in [4.69, 9.17) is 4.42 Å². The molecule has 1 aromatic heterocycles. The van der Waals surface area contributed by atoms with Gasteiger partial charge in [0.05, 0.1) is 12.8 Å². The fraction of sp³-hybridized carbons (Fsp3) is 0.440. The summed E-state index contributed by atoms with van der Waals surface area (Å²) in [6.45, 7) is 2.69. The number of piperidine rings is 1. The maximum atomic E-state index is 13.1. The largest absolute Gasteiger partial charge is 0.459 e. The van der Waals surface area contributed by atoms with Crippen LogP contribution >= 0.6 is 0 Å². The Hall–Kier alpha value is -3.62. The lowest BCUT2D eigenvalue weighted by Gasteiger charge is -2.32. The van der Waals surface area contributed by atoms with Crippen LogP contribution in [-0.4, -0.2) is 65.1 Å². The number of hydrogen-bond acceptors (Lipinski definition) is 5. The van der Waals surface area contributed by atoms with Crippen molar-refractivity contribution >= 4 is 23.6 Å². The van der Waals surface area contributed by atoms with Gasteiger partial charge in [0.1, 0.15) is 6.04 Å². The van der Waals surface area contributed by atoms with Crippen LogP contribution in [-0.2, 0) is 9.59 Å². The summed E-state index contributed by atoms with van der Waals surface area (Å²) in [7, 11) is 0. The van der Waals surface area contributed by atoms with Crippen molar-refractivity contribution in [3.05, 3.63) is 59.0 Å². The van der Waals surface area contributed by atoms with Crippen molar-refractivity contribution in [2.75, 3.05) is 19.6 Å². The highest BCUT2D eigenvalue weighted by atomic mass is 16.3. The van der Waals surface area contributed by atoms with Gasteiger partial charge in [0.15, 0.2) is 5.76 Å². The smallest absolute Gasteiger partial charge is 0.287 e. The van der Waals surface area contributed by atoms with Crippen LogP contribution < -0.4 is 10.6 Å². The van der Waals surface area contributed by atoms with Gasteiger partial charge in [0.25, 0.3) is 11.8 Å². The molecular weight excluding hydrogens is 436 g/mol. The van der Waals surface area contributed by atoms with Crippen molar-refractivity contribution in [1.82, 2.24) is 20.4 Å². The number of rotatable bonds is 6. The summed E-state index contributed by atoms with van der Waals surface area (Å²) in [6, 6.07) is 8.29. The van der Waals surface area contributed by atoms with Crippen LogP contribution in [0.4, 0.5) is 0 Å². The number of carbonyl (C=O) groups is 4. The monoisotopic (exact) mass is 464 g/mol. The summed E-state index contributed by atoms with van der Waals surface area (Å²) < 4.78 is 5.24. The second kappa shape index (κ2) is 8.96. The third-order valence-electron chi connectivity index (χ3n) is 6.85. The van der Waals surface area contributed by atoms with Crippen molar-refractivity contribution < 1.29 is 23.6 Å². The maximum Gasteiger partial charge on any atom is 0.287 e. The molecule has 1 unspecified atom stereocenters. The highest BCUT2D eigenvalue weighted by molar-refractivity contribution is 6.05. The minimum Gasteiger partial charge on any atom is -0.459 e. The molecule has 2 aliphatic heterocycles. The van der Waals surface area contributed by atoms with E-state index in [1.54, 1.807) is 28.0 Å². The fourth-order valence-corrected chi connectivity index (χ4v) is 4.83. The van der Waals surface area contributed by atoms with E-state index in [1.165, 1.54) is 6.26 Å². The van der Waals surface area contributed by atoms with E-state index in [9.17, 15) is 19.2 Å². The molecule has 1 aromatic carbocycles. The number of fused-ring (bicyclic) bond motifs is 1. The first-order valence-corrected chi connectivity index (χ1v) is 11.8. The van der Waals surface area contributed by atoms with E-state index < -0.39 is 6.04 Å². The summed E-state index contributed by atoms with van der Waals surface area (Å²) >= 11 is 0. The van der Waals surface area contributed by atoms with Crippen molar-refractivity contribution in [2.45, 2.75) is 50.7 Å². The van der Waals surface area contributed by atoms with Gasteiger partial charge in [-0.1, -0.05) is 18.2 Å². The van der Waals surface area contributed by atoms with E-state index in [0.717, 1.165) is 18.4 Å². The Morgan fingerprint density at radius 1 is 1.06 bits per heavy atom. The molecule has 178 valence electrons. The zero-order chi connectivity index (χ0) is 23.8. The number of nitrogens with zero attached hydrogens (tertiary/aromatic N) is 2. The Morgan fingerprint density at radius 2 is 1.79 bits per heavy atom. The molecule has 1 saturated heterocycles. The molecule has 0 spiro atoms. The van der Waals surface area contributed by atoms with Gasteiger partial charge in [-0.25, -0.2) is 0 Å². The molecule has 1 atom stereocenters. The van der Waals surface area contributed by atoms with Gasteiger partial charge < -0.3 is 24.9 Å². The van der Waals surface area contributed by atoms with Gasteiger partial charge in [-0.15, -0.1) is 0 Å². The number of furan rings is 1. The van der Waals surface area contributed by atoms with E-state index in [-0.39, 0.29) is 42.3 Å². The van der Waals surface area contributed by atoms with Crippen molar-refractivity contribution in [3.8, 4) is 0 Å². The first kappa shape index (κ1) is 22.2. The minimum atomic E-state index is -0.685. The summed E-state index contributed by atoms with van der Waals surface area (Å²) in [6.07, 6.45) is 4.54. The molecule has 0 bridgehead atoms. The molecule has 9 nitrogen and oxygen atoms in total. The molecule has 2 fully saturated rings. The lowest BCUT2D eigenvalue weighted by Crippen LogP contribution is -2.50. The average molecular weight is 465 g/mol. The summed E-state index contributed by atoms with van der Waals surface area (Å²) in [4.78, 5) is 54.3. The number of aryl methyl sites for hydroxylation is 1. The Labute approximate surface area is 197 Å². The minimum absolute atomic E-state index is 0.0382. The van der Waals surface area contributed by atoms with Gasteiger partial charge in [-0.3, -0.25) is 19.2 Å².